The van der Waals surface area contributed by atoms with Crippen molar-refractivity contribution in [3.8, 4) is 0 Å². The number of aldehydes is 1. The molecule has 4 nitrogen and oxygen atoms in total. The molecule has 0 N–H and O–H groups in total. The van der Waals surface area contributed by atoms with Gasteiger partial charge in [0.25, 0.3) is 0 Å². The van der Waals surface area contributed by atoms with Crippen molar-refractivity contribution in [2.75, 3.05) is 6.54 Å². The van der Waals surface area contributed by atoms with E-state index in [9.17, 15) is 9.59 Å². The summed E-state index contributed by atoms with van der Waals surface area (Å²) in [4.78, 5) is 24.5. The fourth-order valence-corrected chi connectivity index (χ4v) is 1.98. The third-order valence-electron chi connectivity index (χ3n) is 2.82. The average Bonchev–Trinajstić information content (AvgIpc) is 2.08. The van der Waals surface area contributed by atoms with E-state index in [1.165, 1.54) is 0 Å². The molecular weight excluding hydrogens is 206 g/mol. The molecule has 0 bridgehead atoms. The molecule has 1 unspecified atom stereocenters. The van der Waals surface area contributed by atoms with Crippen molar-refractivity contribution < 1.29 is 14.3 Å². The van der Waals surface area contributed by atoms with Gasteiger partial charge in [0, 0.05) is 6.54 Å². The highest BCUT2D eigenvalue weighted by Crippen LogP contribution is 2.34. The number of amides is 1. The normalized spacial score (nSPS) is 24.9. The molecule has 0 saturated carbocycles. The summed E-state index contributed by atoms with van der Waals surface area (Å²) in [5.74, 6) is 0. The molecule has 16 heavy (non-hydrogen) atoms. The van der Waals surface area contributed by atoms with E-state index in [-0.39, 0.29) is 6.09 Å². The lowest BCUT2D eigenvalue weighted by molar-refractivity contribution is -0.127. The van der Waals surface area contributed by atoms with Gasteiger partial charge < -0.3 is 9.53 Å². The number of hydrogen-bond acceptors (Lipinski definition) is 3. The Labute approximate surface area is 96.9 Å². The van der Waals surface area contributed by atoms with Gasteiger partial charge in [-0.05, 0) is 33.6 Å². The third-order valence-corrected chi connectivity index (χ3v) is 2.82. The number of likely N-dealkylation sites (tertiary alicyclic amines) is 1. The smallest absolute Gasteiger partial charge is 0.411 e. The lowest BCUT2D eigenvalue weighted by atomic mass is 9.82. The van der Waals surface area contributed by atoms with Crippen LogP contribution in [0.3, 0.4) is 0 Å². The molecule has 1 aliphatic heterocycles. The van der Waals surface area contributed by atoms with Crippen LogP contribution in [0.4, 0.5) is 4.79 Å². The van der Waals surface area contributed by atoms with Crippen LogP contribution in [0.25, 0.3) is 0 Å². The Balaban J connectivity index is 2.67. The Kier molecular flexibility index (Phi) is 3.61. The van der Waals surface area contributed by atoms with Gasteiger partial charge in [-0.3, -0.25) is 4.90 Å². The van der Waals surface area contributed by atoms with E-state index in [0.717, 1.165) is 25.5 Å². The zero-order valence-corrected chi connectivity index (χ0v) is 10.6. The summed E-state index contributed by atoms with van der Waals surface area (Å²) in [5.41, 5.74) is -1.11. The lowest BCUT2D eigenvalue weighted by Crippen LogP contribution is -2.63. The molecule has 1 saturated heterocycles. The molecule has 0 radical (unpaired) electrons. The van der Waals surface area contributed by atoms with Gasteiger partial charge in [0.2, 0.25) is 0 Å². The quantitative estimate of drug-likeness (QED) is 0.695. The number of rotatable bonds is 3. The standard InChI is InChI=1S/C12H21NO3/c1-5-6-12(9-14)7-8-13(12)10(15)16-11(2,3)4/h9H,5-8H2,1-4H3. The van der Waals surface area contributed by atoms with Crippen molar-refractivity contribution in [2.24, 2.45) is 0 Å². The van der Waals surface area contributed by atoms with Crippen molar-refractivity contribution in [2.45, 2.75) is 58.1 Å². The second kappa shape index (κ2) is 4.44. The summed E-state index contributed by atoms with van der Waals surface area (Å²) < 4.78 is 5.27. The van der Waals surface area contributed by atoms with E-state index >= 15 is 0 Å². The van der Waals surface area contributed by atoms with Crippen LogP contribution >= 0.6 is 0 Å². The molecule has 1 atom stereocenters. The van der Waals surface area contributed by atoms with E-state index < -0.39 is 11.1 Å². The van der Waals surface area contributed by atoms with Gasteiger partial charge >= 0.3 is 6.09 Å². The van der Waals surface area contributed by atoms with E-state index in [1.54, 1.807) is 4.90 Å². The molecule has 4 heteroatoms. The van der Waals surface area contributed by atoms with Gasteiger partial charge in [0.1, 0.15) is 17.4 Å². The van der Waals surface area contributed by atoms with Crippen LogP contribution in [0.2, 0.25) is 0 Å². The number of ether oxygens (including phenoxy) is 1. The molecule has 0 spiro atoms. The number of nitrogens with zero attached hydrogens (tertiary/aromatic N) is 1. The van der Waals surface area contributed by atoms with Gasteiger partial charge in [-0.15, -0.1) is 0 Å². The highest BCUT2D eigenvalue weighted by Gasteiger charge is 2.48. The number of carbonyl (C=O) groups is 2. The number of carbonyl (C=O) groups excluding carboxylic acids is 2. The highest BCUT2D eigenvalue weighted by atomic mass is 16.6. The van der Waals surface area contributed by atoms with Crippen LogP contribution in [0.1, 0.15) is 47.0 Å². The topological polar surface area (TPSA) is 46.6 Å². The molecule has 0 aliphatic carbocycles. The fraction of sp³-hybridized carbons (Fsp3) is 0.833. The van der Waals surface area contributed by atoms with Crippen molar-refractivity contribution in [3.05, 3.63) is 0 Å². The van der Waals surface area contributed by atoms with Crippen LogP contribution in [0.15, 0.2) is 0 Å². The summed E-state index contributed by atoms with van der Waals surface area (Å²) >= 11 is 0. The maximum atomic E-state index is 11.8. The van der Waals surface area contributed by atoms with Crippen LogP contribution in [-0.4, -0.2) is 35.0 Å². The van der Waals surface area contributed by atoms with Crippen molar-refractivity contribution in [3.63, 3.8) is 0 Å². The van der Waals surface area contributed by atoms with Gasteiger partial charge in [-0.1, -0.05) is 13.3 Å². The maximum absolute atomic E-state index is 11.8. The lowest BCUT2D eigenvalue weighted by Gasteiger charge is -2.49. The summed E-state index contributed by atoms with van der Waals surface area (Å²) in [6.07, 6.45) is 2.88. The Hall–Kier alpha value is -1.06. The van der Waals surface area contributed by atoms with Crippen LogP contribution in [0, 0.1) is 0 Å². The van der Waals surface area contributed by atoms with Crippen molar-refractivity contribution in [1.29, 1.82) is 0 Å². The summed E-state index contributed by atoms with van der Waals surface area (Å²) in [6.45, 7) is 8.11. The van der Waals surface area contributed by atoms with Gasteiger partial charge in [-0.25, -0.2) is 4.79 Å². The second-order valence-corrected chi connectivity index (χ2v) is 5.35. The van der Waals surface area contributed by atoms with Crippen LogP contribution in [-0.2, 0) is 9.53 Å². The minimum Gasteiger partial charge on any atom is -0.444 e. The Morgan fingerprint density at radius 3 is 2.44 bits per heavy atom. The molecule has 1 fully saturated rings. The van der Waals surface area contributed by atoms with Gasteiger partial charge in [0.15, 0.2) is 0 Å². The number of hydrogen-bond donors (Lipinski definition) is 0. The molecule has 0 aromatic heterocycles. The zero-order valence-electron chi connectivity index (χ0n) is 10.6. The first kappa shape index (κ1) is 13.0. The predicted molar refractivity (Wildman–Crippen MR) is 61.3 cm³/mol. The molecular formula is C12H21NO3. The Morgan fingerprint density at radius 1 is 1.50 bits per heavy atom. The summed E-state index contributed by atoms with van der Waals surface area (Å²) in [6, 6.07) is 0. The first-order valence-electron chi connectivity index (χ1n) is 5.81. The highest BCUT2D eigenvalue weighted by molar-refractivity contribution is 5.79. The predicted octanol–water partition coefficient (Wildman–Crippen LogP) is 2.37. The molecule has 1 heterocycles. The van der Waals surface area contributed by atoms with E-state index in [4.69, 9.17) is 4.74 Å². The summed E-state index contributed by atoms with van der Waals surface area (Å²) in [7, 11) is 0. The molecule has 0 aromatic rings. The van der Waals surface area contributed by atoms with Crippen LogP contribution in [0.5, 0.6) is 0 Å². The first-order chi connectivity index (χ1) is 7.34. The summed E-state index contributed by atoms with van der Waals surface area (Å²) in [5, 5.41) is 0. The monoisotopic (exact) mass is 227 g/mol. The first-order valence-corrected chi connectivity index (χ1v) is 5.81. The van der Waals surface area contributed by atoms with E-state index in [1.807, 2.05) is 27.7 Å². The minimum atomic E-state index is -0.600. The van der Waals surface area contributed by atoms with Gasteiger partial charge in [-0.2, -0.15) is 0 Å². The van der Waals surface area contributed by atoms with Gasteiger partial charge in [0.05, 0.1) is 0 Å². The molecule has 1 amide bonds. The van der Waals surface area contributed by atoms with Crippen molar-refractivity contribution >= 4 is 12.4 Å². The third kappa shape index (κ3) is 2.54. The molecule has 92 valence electrons. The molecule has 1 rings (SSSR count). The van der Waals surface area contributed by atoms with Crippen molar-refractivity contribution in [1.82, 2.24) is 4.90 Å². The Bertz CT molecular complexity index is 282. The molecule has 1 aliphatic rings. The zero-order chi connectivity index (χ0) is 12.4. The molecule has 0 aromatic carbocycles. The average molecular weight is 227 g/mol. The van der Waals surface area contributed by atoms with E-state index in [0.29, 0.717) is 6.54 Å². The fourth-order valence-electron chi connectivity index (χ4n) is 1.98. The Morgan fingerprint density at radius 2 is 2.12 bits per heavy atom. The second-order valence-electron chi connectivity index (χ2n) is 5.35. The van der Waals surface area contributed by atoms with E-state index in [2.05, 4.69) is 0 Å². The SMILES string of the molecule is CCCC1(C=O)CCN1C(=O)OC(C)(C)C. The largest absolute Gasteiger partial charge is 0.444 e. The van der Waals surface area contributed by atoms with Crippen LogP contribution < -0.4 is 0 Å². The maximum Gasteiger partial charge on any atom is 0.411 e. The minimum absolute atomic E-state index is 0.376.